The van der Waals surface area contributed by atoms with Crippen molar-refractivity contribution in [1.82, 2.24) is 9.97 Å². The Hall–Kier alpha value is -2.41. The van der Waals surface area contributed by atoms with Crippen LogP contribution < -0.4 is 10.6 Å². The van der Waals surface area contributed by atoms with Gasteiger partial charge in [-0.2, -0.15) is 4.98 Å². The lowest BCUT2D eigenvalue weighted by Crippen LogP contribution is -2.09. The van der Waals surface area contributed by atoms with E-state index in [1.54, 1.807) is 12.1 Å². The fourth-order valence-corrected chi connectivity index (χ4v) is 1.75. The summed E-state index contributed by atoms with van der Waals surface area (Å²) in [7, 11) is 0. The molecule has 8 heteroatoms. The normalized spacial score (nSPS) is 10.2. The van der Waals surface area contributed by atoms with E-state index in [4.69, 9.17) is 11.6 Å². The van der Waals surface area contributed by atoms with Crippen molar-refractivity contribution in [2.45, 2.75) is 6.54 Å². The first-order valence-electron chi connectivity index (χ1n) is 6.13. The van der Waals surface area contributed by atoms with Gasteiger partial charge in [-0.3, -0.25) is 10.1 Å². The van der Waals surface area contributed by atoms with Gasteiger partial charge >= 0.3 is 5.69 Å². The minimum Gasteiger partial charge on any atom is -0.364 e. The summed E-state index contributed by atoms with van der Waals surface area (Å²) >= 11 is 5.81. The second kappa shape index (κ2) is 6.85. The van der Waals surface area contributed by atoms with E-state index in [9.17, 15) is 10.1 Å². The van der Waals surface area contributed by atoms with E-state index < -0.39 is 4.92 Å². The van der Waals surface area contributed by atoms with E-state index >= 15 is 0 Å². The van der Waals surface area contributed by atoms with Crippen LogP contribution in [0.2, 0.25) is 5.02 Å². The van der Waals surface area contributed by atoms with Gasteiger partial charge in [-0.1, -0.05) is 23.7 Å². The topological polar surface area (TPSA) is 93.0 Å². The Morgan fingerprint density at radius 1 is 1.29 bits per heavy atom. The van der Waals surface area contributed by atoms with Crippen LogP contribution >= 0.6 is 11.6 Å². The molecule has 0 atom stereocenters. The highest BCUT2D eigenvalue weighted by atomic mass is 35.5. The molecule has 0 fully saturated rings. The molecule has 2 N–H and O–H groups in total. The smallest absolute Gasteiger partial charge is 0.329 e. The van der Waals surface area contributed by atoms with Gasteiger partial charge in [0, 0.05) is 18.1 Å². The molecule has 0 bridgehead atoms. The Balaban J connectivity index is 2.11. The average Bonchev–Trinajstić information content (AvgIpc) is 2.47. The highest BCUT2D eigenvalue weighted by Gasteiger charge is 2.16. The summed E-state index contributed by atoms with van der Waals surface area (Å²) in [6.07, 6.45) is 1.16. The molecule has 0 aliphatic carbocycles. The molecule has 1 aromatic heterocycles. The van der Waals surface area contributed by atoms with E-state index in [1.807, 2.05) is 12.1 Å². The van der Waals surface area contributed by atoms with Crippen LogP contribution in [0.1, 0.15) is 5.56 Å². The number of hydrogen-bond donors (Lipinski definition) is 2. The van der Waals surface area contributed by atoms with Crippen molar-refractivity contribution in [3.05, 3.63) is 58.1 Å². The number of benzene rings is 1. The van der Waals surface area contributed by atoms with Gasteiger partial charge in [0.25, 0.3) is 0 Å². The molecule has 2 rings (SSSR count). The van der Waals surface area contributed by atoms with E-state index in [1.165, 1.54) is 0 Å². The quantitative estimate of drug-likeness (QED) is 0.629. The number of aromatic nitrogens is 2. The molecule has 0 amide bonds. The minimum absolute atomic E-state index is 0.142. The van der Waals surface area contributed by atoms with Gasteiger partial charge < -0.3 is 10.6 Å². The fraction of sp³-hybridized carbons (Fsp3) is 0.154. The van der Waals surface area contributed by atoms with Crippen LogP contribution in [0.4, 0.5) is 17.5 Å². The van der Waals surface area contributed by atoms with E-state index in [0.717, 1.165) is 11.8 Å². The summed E-state index contributed by atoms with van der Waals surface area (Å²) < 4.78 is 0. The summed E-state index contributed by atoms with van der Waals surface area (Å²) in [5.41, 5.74) is 0.809. The molecule has 0 saturated heterocycles. The van der Waals surface area contributed by atoms with Crippen LogP contribution in [0.3, 0.4) is 0 Å². The maximum absolute atomic E-state index is 10.9. The van der Waals surface area contributed by atoms with Crippen molar-refractivity contribution in [3.63, 3.8) is 0 Å². The Morgan fingerprint density at radius 3 is 2.62 bits per heavy atom. The molecular weight excluding hydrogens is 294 g/mol. The zero-order valence-electron chi connectivity index (χ0n) is 11.0. The molecule has 1 radical (unpaired) electrons. The van der Waals surface area contributed by atoms with Crippen LogP contribution in [0, 0.1) is 17.0 Å². The molecule has 7 nitrogen and oxygen atoms in total. The predicted molar refractivity (Wildman–Crippen MR) is 81.3 cm³/mol. The first kappa shape index (κ1) is 15.0. The average molecular weight is 307 g/mol. The fourth-order valence-electron chi connectivity index (χ4n) is 1.63. The van der Waals surface area contributed by atoms with Crippen molar-refractivity contribution in [2.24, 2.45) is 0 Å². The van der Waals surface area contributed by atoms with Crippen molar-refractivity contribution in [3.8, 4) is 0 Å². The molecular formula is C13H13ClN5O2. The summed E-state index contributed by atoms with van der Waals surface area (Å²) in [6, 6.07) is 7.31. The maximum atomic E-state index is 10.9. The predicted octanol–water partition coefficient (Wildman–Crippen LogP) is 2.90. The third kappa shape index (κ3) is 4.03. The van der Waals surface area contributed by atoms with E-state index in [0.29, 0.717) is 17.5 Å². The van der Waals surface area contributed by atoms with Gasteiger partial charge in [0.15, 0.2) is 0 Å². The van der Waals surface area contributed by atoms with Crippen molar-refractivity contribution in [2.75, 3.05) is 17.2 Å². The van der Waals surface area contributed by atoms with Gasteiger partial charge in [0.2, 0.25) is 11.8 Å². The second-order valence-electron chi connectivity index (χ2n) is 4.09. The zero-order chi connectivity index (χ0) is 15.2. The Morgan fingerprint density at radius 2 is 2.00 bits per heavy atom. The van der Waals surface area contributed by atoms with Crippen LogP contribution in [-0.2, 0) is 6.54 Å². The number of rotatable bonds is 6. The van der Waals surface area contributed by atoms with Gasteiger partial charge in [-0.25, -0.2) is 4.98 Å². The van der Waals surface area contributed by atoms with Gasteiger partial charge in [-0.05, 0) is 24.6 Å². The summed E-state index contributed by atoms with van der Waals surface area (Å²) in [5, 5.41) is 17.3. The third-order valence-electron chi connectivity index (χ3n) is 2.62. The first-order valence-corrected chi connectivity index (χ1v) is 6.51. The molecule has 1 heterocycles. The molecule has 0 spiro atoms. The Labute approximate surface area is 126 Å². The molecule has 0 aliphatic rings. The van der Waals surface area contributed by atoms with Gasteiger partial charge in [0.1, 0.15) is 6.20 Å². The lowest BCUT2D eigenvalue weighted by atomic mass is 10.2. The Kier molecular flexibility index (Phi) is 4.89. The number of nitrogens with zero attached hydrogens (tertiary/aromatic N) is 3. The van der Waals surface area contributed by atoms with Crippen molar-refractivity contribution in [1.29, 1.82) is 0 Å². The summed E-state index contributed by atoms with van der Waals surface area (Å²) in [6.45, 7) is 4.36. The molecule has 0 aliphatic heterocycles. The maximum Gasteiger partial charge on any atom is 0.329 e. The van der Waals surface area contributed by atoms with Crippen LogP contribution in [0.25, 0.3) is 0 Å². The van der Waals surface area contributed by atoms with Crippen LogP contribution in [0.15, 0.2) is 30.5 Å². The van der Waals surface area contributed by atoms with Crippen molar-refractivity contribution >= 4 is 29.1 Å². The van der Waals surface area contributed by atoms with E-state index in [-0.39, 0.29) is 18.1 Å². The molecule has 0 unspecified atom stereocenters. The minimum atomic E-state index is -0.541. The molecule has 21 heavy (non-hydrogen) atoms. The van der Waals surface area contributed by atoms with Crippen molar-refractivity contribution < 1.29 is 4.92 Å². The number of nitrogens with one attached hydrogen (secondary N) is 2. The van der Waals surface area contributed by atoms with Gasteiger partial charge in [-0.15, -0.1) is 0 Å². The number of nitro groups is 1. The lowest BCUT2D eigenvalue weighted by molar-refractivity contribution is -0.384. The lowest BCUT2D eigenvalue weighted by Gasteiger charge is -2.08. The van der Waals surface area contributed by atoms with Crippen LogP contribution in [-0.4, -0.2) is 21.4 Å². The number of hydrogen-bond acceptors (Lipinski definition) is 6. The summed E-state index contributed by atoms with van der Waals surface area (Å²) in [4.78, 5) is 18.3. The third-order valence-corrected chi connectivity index (χ3v) is 2.87. The monoisotopic (exact) mass is 306 g/mol. The highest BCUT2D eigenvalue weighted by Crippen LogP contribution is 2.21. The molecule has 0 saturated carbocycles. The largest absolute Gasteiger partial charge is 0.364 e. The standard InChI is InChI=1S/C13H13ClN5O2/c1-2-15-12-11(19(20)21)8-17-13(18-12)16-7-9-3-5-10(14)6-4-9/h3-6,8H,1-2,7H2,(H2,15,16,17,18). The number of anilines is 2. The Bertz CT molecular complexity index is 633. The number of halogens is 1. The van der Waals surface area contributed by atoms with Gasteiger partial charge in [0.05, 0.1) is 4.92 Å². The molecule has 109 valence electrons. The van der Waals surface area contributed by atoms with E-state index in [2.05, 4.69) is 27.5 Å². The summed E-state index contributed by atoms with van der Waals surface area (Å²) in [5.74, 6) is 0.440. The molecule has 2 aromatic rings. The first-order chi connectivity index (χ1) is 10.1. The second-order valence-corrected chi connectivity index (χ2v) is 4.53. The highest BCUT2D eigenvalue weighted by molar-refractivity contribution is 6.30. The SMILES string of the molecule is [CH2]CNc1nc(NCc2ccc(Cl)cc2)ncc1[N+](=O)[O-]. The molecule has 1 aromatic carbocycles. The van der Waals surface area contributed by atoms with Crippen LogP contribution in [0.5, 0.6) is 0 Å². The zero-order valence-corrected chi connectivity index (χ0v) is 11.8.